The van der Waals surface area contributed by atoms with E-state index in [4.69, 9.17) is 4.74 Å². The van der Waals surface area contributed by atoms with Crippen LogP contribution in [0.4, 0.5) is 5.69 Å². The number of hydrogen-bond donors (Lipinski definition) is 1. The summed E-state index contributed by atoms with van der Waals surface area (Å²) in [6.45, 7) is 9.54. The van der Waals surface area contributed by atoms with Gasteiger partial charge in [-0.1, -0.05) is 20.8 Å². The number of amides is 2. The van der Waals surface area contributed by atoms with Gasteiger partial charge in [0, 0.05) is 24.2 Å². The third-order valence-corrected chi connectivity index (χ3v) is 4.15. The van der Waals surface area contributed by atoms with Gasteiger partial charge in [-0.15, -0.1) is 0 Å². The number of hydrogen-bond acceptors (Lipinski definition) is 3. The van der Waals surface area contributed by atoms with Crippen molar-refractivity contribution in [1.29, 1.82) is 0 Å². The molecule has 0 saturated carbocycles. The molecule has 0 bridgehead atoms. The van der Waals surface area contributed by atoms with Gasteiger partial charge in [0.05, 0.1) is 12.5 Å². The molecule has 0 aromatic heterocycles. The van der Waals surface area contributed by atoms with Gasteiger partial charge >= 0.3 is 0 Å². The average Bonchev–Trinajstić information content (AvgIpc) is 2.55. The normalized spacial score (nSPS) is 18.2. The van der Waals surface area contributed by atoms with E-state index in [9.17, 15) is 9.59 Å². The molecular weight excluding hydrogens is 304 g/mol. The minimum Gasteiger partial charge on any atom is -0.494 e. The van der Waals surface area contributed by atoms with Gasteiger partial charge in [0.1, 0.15) is 5.75 Å². The highest BCUT2D eigenvalue weighted by Crippen LogP contribution is 2.24. The maximum atomic E-state index is 12.5. The molecule has 2 amide bonds. The Morgan fingerprint density at radius 2 is 1.92 bits per heavy atom. The van der Waals surface area contributed by atoms with Gasteiger partial charge in [-0.25, -0.2) is 0 Å². The second-order valence-corrected chi connectivity index (χ2v) is 7.29. The molecule has 24 heavy (non-hydrogen) atoms. The summed E-state index contributed by atoms with van der Waals surface area (Å²) in [4.78, 5) is 26.8. The van der Waals surface area contributed by atoms with Gasteiger partial charge in [0.25, 0.3) is 0 Å². The van der Waals surface area contributed by atoms with Crippen molar-refractivity contribution in [3.05, 3.63) is 24.3 Å². The van der Waals surface area contributed by atoms with Gasteiger partial charge in [-0.05, 0) is 44.0 Å². The van der Waals surface area contributed by atoms with Crippen LogP contribution in [0.25, 0.3) is 0 Å². The number of rotatable bonds is 4. The number of carbonyl (C=O) groups excluding carboxylic acids is 2. The molecule has 0 aliphatic carbocycles. The van der Waals surface area contributed by atoms with E-state index in [2.05, 4.69) is 5.32 Å². The standard InChI is InChI=1S/C19H28N2O3/c1-5-24-16-10-8-15(9-11-16)20-17(22)14-7-6-12-21(13-14)18(23)19(2,3)4/h8-11,14H,5-7,12-13H2,1-4H3,(H,20,22)/t14-/m0/s1. The molecular formula is C19H28N2O3. The quantitative estimate of drug-likeness (QED) is 0.920. The van der Waals surface area contributed by atoms with Crippen molar-refractivity contribution >= 4 is 17.5 Å². The van der Waals surface area contributed by atoms with Crippen LogP contribution in [0.2, 0.25) is 0 Å². The third kappa shape index (κ3) is 4.73. The van der Waals surface area contributed by atoms with Crippen molar-refractivity contribution in [3.8, 4) is 5.75 Å². The number of piperidine rings is 1. The fraction of sp³-hybridized carbons (Fsp3) is 0.579. The summed E-state index contributed by atoms with van der Waals surface area (Å²) in [7, 11) is 0. The van der Waals surface area contributed by atoms with E-state index in [1.807, 2.05) is 56.9 Å². The number of nitrogens with one attached hydrogen (secondary N) is 1. The zero-order valence-electron chi connectivity index (χ0n) is 15.1. The Morgan fingerprint density at radius 3 is 2.50 bits per heavy atom. The van der Waals surface area contributed by atoms with Crippen LogP contribution in [0.3, 0.4) is 0 Å². The number of likely N-dealkylation sites (tertiary alicyclic amines) is 1. The summed E-state index contributed by atoms with van der Waals surface area (Å²) >= 11 is 0. The summed E-state index contributed by atoms with van der Waals surface area (Å²) < 4.78 is 5.40. The molecule has 1 aliphatic rings. The molecule has 1 heterocycles. The molecule has 1 aromatic carbocycles. The van der Waals surface area contributed by atoms with Crippen LogP contribution >= 0.6 is 0 Å². The smallest absolute Gasteiger partial charge is 0.229 e. The molecule has 1 N–H and O–H groups in total. The fourth-order valence-electron chi connectivity index (χ4n) is 2.90. The van der Waals surface area contributed by atoms with Crippen LogP contribution in [0.1, 0.15) is 40.5 Å². The summed E-state index contributed by atoms with van der Waals surface area (Å²) in [5.41, 5.74) is 0.343. The Kier molecular flexibility index (Phi) is 5.86. The highest BCUT2D eigenvalue weighted by atomic mass is 16.5. The number of nitrogens with zero attached hydrogens (tertiary/aromatic N) is 1. The molecule has 1 atom stereocenters. The lowest BCUT2D eigenvalue weighted by atomic mass is 9.91. The molecule has 5 heteroatoms. The first kappa shape index (κ1) is 18.3. The second kappa shape index (κ2) is 7.69. The van der Waals surface area contributed by atoms with Gasteiger partial charge < -0.3 is 15.0 Å². The molecule has 0 radical (unpaired) electrons. The fourth-order valence-corrected chi connectivity index (χ4v) is 2.90. The van der Waals surface area contributed by atoms with Crippen LogP contribution in [-0.2, 0) is 9.59 Å². The highest BCUT2D eigenvalue weighted by Gasteiger charge is 2.33. The van der Waals surface area contributed by atoms with Crippen LogP contribution in [0.15, 0.2) is 24.3 Å². The molecule has 0 unspecified atom stereocenters. The Morgan fingerprint density at radius 1 is 1.25 bits per heavy atom. The van der Waals surface area contributed by atoms with Crippen LogP contribution in [0, 0.1) is 11.3 Å². The third-order valence-electron chi connectivity index (χ3n) is 4.15. The molecule has 1 aromatic rings. The van der Waals surface area contributed by atoms with Crippen LogP contribution in [-0.4, -0.2) is 36.4 Å². The van der Waals surface area contributed by atoms with Gasteiger partial charge in [0.2, 0.25) is 11.8 Å². The van der Waals surface area contributed by atoms with E-state index < -0.39 is 5.41 Å². The average molecular weight is 332 g/mol. The predicted octanol–water partition coefficient (Wildman–Crippen LogP) is 3.31. The Balaban J connectivity index is 1.95. The lowest BCUT2D eigenvalue weighted by Crippen LogP contribution is -2.47. The van der Waals surface area contributed by atoms with Crippen LogP contribution in [0.5, 0.6) is 5.75 Å². The number of benzene rings is 1. The van der Waals surface area contributed by atoms with Crippen molar-refractivity contribution in [3.63, 3.8) is 0 Å². The van der Waals surface area contributed by atoms with Crippen molar-refractivity contribution in [2.45, 2.75) is 40.5 Å². The number of anilines is 1. The largest absolute Gasteiger partial charge is 0.494 e. The van der Waals surface area contributed by atoms with E-state index in [1.165, 1.54) is 0 Å². The zero-order valence-corrected chi connectivity index (χ0v) is 15.1. The lowest BCUT2D eigenvalue weighted by molar-refractivity contribution is -0.142. The SMILES string of the molecule is CCOc1ccc(NC(=O)[C@H]2CCCN(C(=O)C(C)(C)C)C2)cc1. The summed E-state index contributed by atoms with van der Waals surface area (Å²) in [5.74, 6) is 0.721. The van der Waals surface area contributed by atoms with Crippen molar-refractivity contribution < 1.29 is 14.3 Å². The number of carbonyl (C=O) groups is 2. The Hall–Kier alpha value is -2.04. The molecule has 1 fully saturated rings. The zero-order chi connectivity index (χ0) is 17.7. The summed E-state index contributed by atoms with van der Waals surface area (Å²) in [6, 6.07) is 7.36. The molecule has 2 rings (SSSR count). The van der Waals surface area contributed by atoms with Gasteiger partial charge in [-0.3, -0.25) is 9.59 Å². The van der Waals surface area contributed by atoms with Crippen molar-refractivity contribution in [2.75, 3.05) is 25.0 Å². The predicted molar refractivity (Wildman–Crippen MR) is 95.0 cm³/mol. The van der Waals surface area contributed by atoms with E-state index in [0.29, 0.717) is 13.2 Å². The molecule has 0 spiro atoms. The first-order chi connectivity index (χ1) is 11.3. The summed E-state index contributed by atoms with van der Waals surface area (Å²) in [5, 5.41) is 2.95. The van der Waals surface area contributed by atoms with Crippen molar-refractivity contribution in [1.82, 2.24) is 4.90 Å². The lowest BCUT2D eigenvalue weighted by Gasteiger charge is -2.35. The monoisotopic (exact) mass is 332 g/mol. The first-order valence-corrected chi connectivity index (χ1v) is 8.64. The highest BCUT2D eigenvalue weighted by molar-refractivity contribution is 5.93. The molecule has 1 saturated heterocycles. The topological polar surface area (TPSA) is 58.6 Å². The van der Waals surface area contributed by atoms with Gasteiger partial charge in [-0.2, -0.15) is 0 Å². The van der Waals surface area contributed by atoms with Gasteiger partial charge in [0.15, 0.2) is 0 Å². The Labute approximate surface area is 144 Å². The number of ether oxygens (including phenoxy) is 1. The minimum atomic E-state index is -0.409. The van der Waals surface area contributed by atoms with Crippen LogP contribution < -0.4 is 10.1 Å². The molecule has 132 valence electrons. The molecule has 1 aliphatic heterocycles. The maximum absolute atomic E-state index is 12.5. The van der Waals surface area contributed by atoms with E-state index >= 15 is 0 Å². The summed E-state index contributed by atoms with van der Waals surface area (Å²) in [6.07, 6.45) is 1.68. The minimum absolute atomic E-state index is 0.0226. The van der Waals surface area contributed by atoms with E-state index in [0.717, 1.165) is 30.8 Å². The maximum Gasteiger partial charge on any atom is 0.229 e. The van der Waals surface area contributed by atoms with E-state index in [1.54, 1.807) is 0 Å². The van der Waals surface area contributed by atoms with E-state index in [-0.39, 0.29) is 17.7 Å². The first-order valence-electron chi connectivity index (χ1n) is 8.64. The Bertz CT molecular complexity index is 575. The van der Waals surface area contributed by atoms with Crippen molar-refractivity contribution in [2.24, 2.45) is 11.3 Å². The molecule has 5 nitrogen and oxygen atoms in total. The second-order valence-electron chi connectivity index (χ2n) is 7.29.